The molecule has 8 aliphatic rings. The molecule has 0 N–H and O–H groups in total. The number of nitrogens with zero attached hydrogens (tertiary/aromatic N) is 2. The number of ether oxygens (including phenoxy) is 4. The van der Waals surface area contributed by atoms with Crippen molar-refractivity contribution in [1.82, 2.24) is 0 Å². The summed E-state index contributed by atoms with van der Waals surface area (Å²) in [5.74, 6) is 2.50. The van der Waals surface area contributed by atoms with E-state index in [1.807, 2.05) is 72.8 Å². The van der Waals surface area contributed by atoms with E-state index in [4.69, 9.17) is 18.9 Å². The summed E-state index contributed by atoms with van der Waals surface area (Å²) in [6.07, 6.45) is 15.6. The molecule has 148 heavy (non-hydrogen) atoms. The zero-order chi connectivity index (χ0) is 103. The summed E-state index contributed by atoms with van der Waals surface area (Å²) in [4.78, 5) is 68.9. The van der Waals surface area contributed by atoms with Gasteiger partial charge >= 0.3 is 0 Å². The van der Waals surface area contributed by atoms with Gasteiger partial charge in [-0.2, -0.15) is 0 Å². The van der Waals surface area contributed by atoms with Gasteiger partial charge in [-0.15, -0.1) is 0 Å². The molecule has 4 unspecified atom stereocenters. The average Bonchev–Trinajstić information content (AvgIpc) is 1.23. The minimum absolute atomic E-state index is 0.0255. The molecule has 25 rings (SSSR count). The second kappa shape index (κ2) is 33.7. The van der Waals surface area contributed by atoms with E-state index in [9.17, 15) is 0 Å². The molecule has 0 bridgehead atoms. The van der Waals surface area contributed by atoms with Gasteiger partial charge in [-0.3, -0.25) is 19.2 Å². The highest BCUT2D eigenvalue weighted by atomic mass is 79.9. The number of rotatable bonds is 16. The van der Waals surface area contributed by atoms with E-state index < -0.39 is 23.6 Å². The predicted octanol–water partition coefficient (Wildman–Crippen LogP) is 38.0. The molecule has 2 heterocycles. The van der Waals surface area contributed by atoms with Crippen molar-refractivity contribution < 1.29 is 38.1 Å². The van der Waals surface area contributed by atoms with Gasteiger partial charge in [-0.1, -0.05) is 316 Å². The molecule has 12 heteroatoms. The molecule has 0 saturated heterocycles. The Hall–Kier alpha value is -14.0. The number of carbonyl (C=O) groups is 4. The highest BCUT2D eigenvalue weighted by Crippen LogP contribution is 2.68. The second-order valence-electron chi connectivity index (χ2n) is 48.0. The number of benzene rings is 17. The number of allylic oxidation sites excluding steroid dienone is 8. The van der Waals surface area contributed by atoms with Crippen LogP contribution < -0.4 is 28.7 Å². The fourth-order valence-corrected chi connectivity index (χ4v) is 25.7. The Labute approximate surface area is 883 Å². The normalized spacial score (nSPS) is 16.6. The molecule has 0 radical (unpaired) electrons. The predicted molar refractivity (Wildman–Crippen MR) is 620 cm³/mol. The lowest BCUT2D eigenvalue weighted by Crippen LogP contribution is -2.42. The van der Waals surface area contributed by atoms with Gasteiger partial charge in [-0.25, -0.2) is 9.80 Å². The van der Waals surface area contributed by atoms with Crippen LogP contribution in [-0.4, -0.2) is 23.6 Å². The molecule has 2 aliphatic heterocycles. The van der Waals surface area contributed by atoms with Crippen LogP contribution in [0, 0.1) is 11.8 Å². The Balaban J connectivity index is 0.613. The van der Waals surface area contributed by atoms with Crippen molar-refractivity contribution in [2.75, 3.05) is 9.80 Å². The average molecular weight is 2070 g/mol. The summed E-state index contributed by atoms with van der Waals surface area (Å²) in [6.45, 7) is 47.9. The minimum Gasteiger partial charge on any atom is -0.457 e. The smallest absolute Gasteiger partial charge is 0.266 e. The first-order valence-electron chi connectivity index (χ1n) is 52.8. The van der Waals surface area contributed by atoms with E-state index in [2.05, 4.69) is 366 Å². The van der Waals surface area contributed by atoms with Crippen molar-refractivity contribution in [3.05, 3.63) is 365 Å². The summed E-state index contributed by atoms with van der Waals surface area (Å²) in [7, 11) is 0. The summed E-state index contributed by atoms with van der Waals surface area (Å²) >= 11 is 7.78. The molecule has 6 aliphatic carbocycles. The molecular formula is C136H120Br2N2O8. The molecule has 0 saturated carbocycles. The number of carbonyl (C=O) groups excluding carboxylic acids is 4. The first-order valence-corrected chi connectivity index (χ1v) is 54.6. The summed E-state index contributed by atoms with van der Waals surface area (Å²) in [5, 5.41) is 13.0. The Morgan fingerprint density at radius 1 is 0.277 bits per heavy atom. The van der Waals surface area contributed by atoms with Gasteiger partial charge < -0.3 is 18.9 Å². The van der Waals surface area contributed by atoms with E-state index >= 15 is 19.2 Å². The van der Waals surface area contributed by atoms with Crippen LogP contribution in [-0.2, 0) is 34.5 Å². The highest BCUT2D eigenvalue weighted by Gasteiger charge is 2.52. The van der Waals surface area contributed by atoms with Crippen LogP contribution in [0.5, 0.6) is 46.0 Å². The van der Waals surface area contributed by atoms with Crippen molar-refractivity contribution >= 4 is 177 Å². The number of amides is 4. The maximum atomic E-state index is 16.5. The largest absolute Gasteiger partial charge is 0.457 e. The van der Waals surface area contributed by atoms with Gasteiger partial charge in [-0.05, 0) is 358 Å². The van der Waals surface area contributed by atoms with Gasteiger partial charge in [0.2, 0.25) is 0 Å². The van der Waals surface area contributed by atoms with Crippen LogP contribution in [0.25, 0.3) is 132 Å². The zero-order valence-corrected chi connectivity index (χ0v) is 91.4. The summed E-state index contributed by atoms with van der Waals surface area (Å²) in [5.41, 5.74) is 31.1. The molecule has 0 fully saturated rings. The van der Waals surface area contributed by atoms with Crippen molar-refractivity contribution in [3.63, 3.8) is 0 Å². The van der Waals surface area contributed by atoms with Crippen LogP contribution in [0.1, 0.15) is 327 Å². The third-order valence-electron chi connectivity index (χ3n) is 33.0. The zero-order valence-electron chi connectivity index (χ0n) is 88.2. The SMILES string of the molecule is CC(C)c1cc(C(C)Br)cc(C(C)C)c1N1C(=O)c2cc(Oc3ccc(C(C)(C)C)cc3)c3c4c(c(Oc5ccc(C(C)(C)C)cc5)cc(c24)C1=O)C1=CC=C2c4cc5cc6c(cc5cc4C4=CC=C3C1C42)/C=C\c1cc2cc3c(cc2cc1CC6)-c1ccc2c4c(Oc5ccc(C(C)(C)C)cc5)cc5c6c(cc(Oc7ccc(C(C)(C)C)cc7)c(c7ccc-3c1c72)c64)C(=O)N(c1c(C(C)C)cc(C(C)Br)cc1C(C)C)C5=O. The fourth-order valence-electron chi connectivity index (χ4n) is 25.2. The molecule has 10 nitrogen and oxygen atoms in total. The van der Waals surface area contributed by atoms with Gasteiger partial charge in [0.1, 0.15) is 46.0 Å². The number of hydrogen-bond donors (Lipinski definition) is 0. The molecule has 17 aromatic carbocycles. The quantitative estimate of drug-likeness (QED) is 0.0407. The van der Waals surface area contributed by atoms with Crippen LogP contribution in [0.2, 0.25) is 0 Å². The Bertz CT molecular complexity index is 8770. The Kier molecular flexibility index (Phi) is 21.6. The number of anilines is 2. The molecule has 4 amide bonds. The first kappa shape index (κ1) is 94.9. The van der Waals surface area contributed by atoms with E-state index in [-0.39, 0.29) is 66.8 Å². The van der Waals surface area contributed by atoms with E-state index in [1.54, 1.807) is 0 Å². The number of hydrogen-bond acceptors (Lipinski definition) is 8. The molecule has 0 spiro atoms. The van der Waals surface area contributed by atoms with Gasteiger partial charge in [0.05, 0.1) is 33.6 Å². The maximum absolute atomic E-state index is 16.5. The monoisotopic (exact) mass is 2070 g/mol. The van der Waals surface area contributed by atoms with E-state index in [0.717, 1.165) is 150 Å². The fraction of sp³-hybridized carbons (Fsp3) is 0.265. The van der Waals surface area contributed by atoms with Gasteiger partial charge in [0.25, 0.3) is 23.6 Å². The maximum Gasteiger partial charge on any atom is 0.266 e. The molecule has 4 atom stereocenters. The lowest BCUT2D eigenvalue weighted by atomic mass is 9.62. The standard InChI is InChI=1S/C136H120Br2N2O8/c1-67(2)99-55-77(71(9)137)56-100(68(3)4)127(99)139-129(141)107-63-111(145-87-35-27-83(28-36-87)133(11,12)13)121-95-47-43-91-103-59-79-51-73-23-25-75-53-81-61-105-93-45-49-97-118-98(50-46-94(116(93)118)106(105)62-82(81)54-76(75)26-24-74(73)52-80(79)60-104(103)92-44-48-96(117(95)115(91)92)122-112(64-108(130(139)142)119(107)125(121)122)146-88-37-29-84(30-38-88)134(14,15)16)124-114(148-90-41-33-86(34-42-90)136(20,21)22)66-110-120-109(65-113(123(97)126(120)124)147-89-39-31-85(32-40-89)135(17,18)19)131(143)140(132(110)144)128-101(69(5)6)57-78(72(10)138)58-102(128)70(7)8/h23,25,27-72,115,117H,24,26H2,1-22H3/b25-23-. The van der Waals surface area contributed by atoms with Crippen LogP contribution in [0.4, 0.5) is 11.4 Å². The summed E-state index contributed by atoms with van der Waals surface area (Å²) in [6, 6.07) is 78.3. The van der Waals surface area contributed by atoms with E-state index in [1.165, 1.54) is 81.6 Å². The second-order valence-corrected chi connectivity index (χ2v) is 50.7. The van der Waals surface area contributed by atoms with E-state index in [0.29, 0.717) is 90.4 Å². The highest BCUT2D eigenvalue weighted by molar-refractivity contribution is 9.09. The third kappa shape index (κ3) is 14.7. The number of aryl methyl sites for hydroxylation is 2. The number of alkyl halides is 2. The van der Waals surface area contributed by atoms with Crippen LogP contribution in [0.3, 0.4) is 0 Å². The third-order valence-corrected chi connectivity index (χ3v) is 34.1. The summed E-state index contributed by atoms with van der Waals surface area (Å²) < 4.78 is 29.7. The molecule has 17 aromatic rings. The van der Waals surface area contributed by atoms with Crippen molar-refractivity contribution in [2.45, 2.75) is 220 Å². The van der Waals surface area contributed by atoms with Gasteiger partial charge in [0, 0.05) is 64.9 Å². The molecular weight excluding hydrogens is 1950 g/mol. The Morgan fingerprint density at radius 2 is 0.561 bits per heavy atom. The molecule has 736 valence electrons. The first-order chi connectivity index (χ1) is 70.5. The van der Waals surface area contributed by atoms with Crippen LogP contribution in [0.15, 0.2) is 243 Å². The number of fused-ring (bicyclic) bond motifs is 14. The van der Waals surface area contributed by atoms with Crippen molar-refractivity contribution in [3.8, 4) is 68.2 Å². The van der Waals surface area contributed by atoms with Gasteiger partial charge in [0.15, 0.2) is 0 Å². The minimum atomic E-state index is -0.405. The number of halogens is 2. The van der Waals surface area contributed by atoms with Crippen molar-refractivity contribution in [1.29, 1.82) is 0 Å². The van der Waals surface area contributed by atoms with Crippen LogP contribution >= 0.6 is 31.9 Å². The molecule has 0 aromatic heterocycles. The Morgan fingerprint density at radius 3 is 0.878 bits per heavy atom. The lowest BCUT2D eigenvalue weighted by Gasteiger charge is -2.42. The van der Waals surface area contributed by atoms with Crippen molar-refractivity contribution in [2.24, 2.45) is 11.8 Å². The topological polar surface area (TPSA) is 112 Å². The number of imide groups is 2. The lowest BCUT2D eigenvalue weighted by molar-refractivity contribution is 0.0877.